The van der Waals surface area contributed by atoms with E-state index >= 15 is 4.39 Å². The maximum absolute atomic E-state index is 16.2. The predicted molar refractivity (Wildman–Crippen MR) is 149 cm³/mol. The fourth-order valence-electron chi connectivity index (χ4n) is 5.57. The monoisotopic (exact) mass is 518 g/mol. The number of hydrogen-bond donors (Lipinski definition) is 3. The molecule has 0 unspecified atom stereocenters. The Morgan fingerprint density at radius 3 is 2.74 bits per heavy atom. The number of imidazole rings is 1. The molecule has 3 N–H and O–H groups in total. The van der Waals surface area contributed by atoms with Crippen LogP contribution < -0.4 is 5.32 Å². The van der Waals surface area contributed by atoms with Gasteiger partial charge < -0.3 is 10.3 Å². The van der Waals surface area contributed by atoms with Gasteiger partial charge in [0, 0.05) is 42.5 Å². The fourth-order valence-corrected chi connectivity index (χ4v) is 5.57. The number of aromatic nitrogens is 7. The van der Waals surface area contributed by atoms with Gasteiger partial charge in [0.25, 0.3) is 0 Å². The van der Waals surface area contributed by atoms with E-state index in [2.05, 4.69) is 35.5 Å². The maximum atomic E-state index is 16.2. The van der Waals surface area contributed by atoms with Crippen LogP contribution in [0.3, 0.4) is 0 Å². The Bertz CT molecular complexity index is 1770. The molecule has 9 heteroatoms. The number of pyridine rings is 3. The van der Waals surface area contributed by atoms with Crippen molar-refractivity contribution in [2.45, 2.75) is 32.2 Å². The van der Waals surface area contributed by atoms with Gasteiger partial charge in [0.05, 0.1) is 22.1 Å². The Hall–Kier alpha value is -4.50. The number of fused-ring (bicyclic) bond motifs is 2. The SMILES string of the molecule is Fc1c(-c2cncc(CNCC3CCCC3)c2)ccc2[nH]nc(-c3nc4c(-c5ccccn5)nccc4[nH]3)c12. The summed E-state index contributed by atoms with van der Waals surface area (Å²) in [5.74, 6) is 0.854. The van der Waals surface area contributed by atoms with Gasteiger partial charge in [-0.2, -0.15) is 5.10 Å². The van der Waals surface area contributed by atoms with E-state index < -0.39 is 0 Å². The Kier molecular flexibility index (Phi) is 6.05. The number of nitrogens with one attached hydrogen (secondary N) is 3. The summed E-state index contributed by atoms with van der Waals surface area (Å²) in [7, 11) is 0. The molecule has 7 rings (SSSR count). The summed E-state index contributed by atoms with van der Waals surface area (Å²) < 4.78 is 16.2. The minimum absolute atomic E-state index is 0.363. The van der Waals surface area contributed by atoms with Crippen molar-refractivity contribution in [2.24, 2.45) is 5.92 Å². The van der Waals surface area contributed by atoms with E-state index in [4.69, 9.17) is 4.98 Å². The molecule has 1 aliphatic rings. The first-order valence-electron chi connectivity index (χ1n) is 13.3. The van der Waals surface area contributed by atoms with Crippen molar-refractivity contribution >= 4 is 21.9 Å². The summed E-state index contributed by atoms with van der Waals surface area (Å²) in [4.78, 5) is 21.4. The molecule has 0 bridgehead atoms. The molecule has 39 heavy (non-hydrogen) atoms. The minimum atomic E-state index is -0.363. The van der Waals surface area contributed by atoms with Crippen LogP contribution in [-0.4, -0.2) is 41.7 Å². The van der Waals surface area contributed by atoms with E-state index in [1.54, 1.807) is 24.7 Å². The standard InChI is InChI=1S/C30H27FN8/c31-26-21(20-13-19(16-33-17-20)15-32-14-18-5-1-2-6-18)8-9-22-25(26)29(39-38-22)30-36-24-10-12-35-27(28(24)37-30)23-7-3-4-11-34-23/h3-4,7-13,16-18,32H,1-2,5-6,14-15H2,(H,36,37)(H,38,39). The number of benzene rings is 1. The van der Waals surface area contributed by atoms with Crippen LogP contribution in [0, 0.1) is 11.7 Å². The van der Waals surface area contributed by atoms with Crippen LogP contribution >= 0.6 is 0 Å². The van der Waals surface area contributed by atoms with Gasteiger partial charge in [-0.3, -0.25) is 20.1 Å². The molecule has 1 saturated carbocycles. The van der Waals surface area contributed by atoms with E-state index in [-0.39, 0.29) is 5.82 Å². The second-order valence-electron chi connectivity index (χ2n) is 10.1. The lowest BCUT2D eigenvalue weighted by Gasteiger charge is -2.11. The van der Waals surface area contributed by atoms with Crippen molar-refractivity contribution in [1.82, 2.24) is 40.4 Å². The average molecular weight is 519 g/mol. The number of rotatable bonds is 7. The average Bonchev–Trinajstić information content (AvgIpc) is 3.73. The van der Waals surface area contributed by atoms with Crippen LogP contribution in [0.1, 0.15) is 31.2 Å². The molecule has 0 aliphatic heterocycles. The second kappa shape index (κ2) is 9.99. The first-order valence-corrected chi connectivity index (χ1v) is 13.3. The molecular formula is C30H27FN8. The Morgan fingerprint density at radius 1 is 0.949 bits per heavy atom. The summed E-state index contributed by atoms with van der Waals surface area (Å²) in [5, 5.41) is 11.3. The summed E-state index contributed by atoms with van der Waals surface area (Å²) in [5.41, 5.74) is 6.04. The van der Waals surface area contributed by atoms with Gasteiger partial charge in [0.2, 0.25) is 0 Å². The van der Waals surface area contributed by atoms with E-state index in [9.17, 15) is 0 Å². The van der Waals surface area contributed by atoms with Crippen LogP contribution in [0.15, 0.2) is 67.3 Å². The van der Waals surface area contributed by atoms with Crippen molar-refractivity contribution in [1.29, 1.82) is 0 Å². The topological polar surface area (TPSA) is 108 Å². The third-order valence-corrected chi connectivity index (χ3v) is 7.54. The summed E-state index contributed by atoms with van der Waals surface area (Å²) in [6.45, 7) is 1.72. The van der Waals surface area contributed by atoms with Crippen molar-refractivity contribution in [2.75, 3.05) is 6.54 Å². The van der Waals surface area contributed by atoms with Crippen LogP contribution in [-0.2, 0) is 6.54 Å². The Morgan fingerprint density at radius 2 is 1.87 bits per heavy atom. The quantitative estimate of drug-likeness (QED) is 0.238. The largest absolute Gasteiger partial charge is 0.336 e. The lowest BCUT2D eigenvalue weighted by molar-refractivity contribution is 0.489. The summed E-state index contributed by atoms with van der Waals surface area (Å²) >= 11 is 0. The fraction of sp³-hybridized carbons (Fsp3) is 0.233. The zero-order valence-corrected chi connectivity index (χ0v) is 21.3. The van der Waals surface area contributed by atoms with Gasteiger partial charge in [0.15, 0.2) is 5.82 Å². The highest BCUT2D eigenvalue weighted by Crippen LogP contribution is 2.35. The lowest BCUT2D eigenvalue weighted by atomic mass is 10.0. The van der Waals surface area contributed by atoms with Gasteiger partial charge in [-0.25, -0.2) is 9.37 Å². The first kappa shape index (κ1) is 23.6. The van der Waals surface area contributed by atoms with Crippen molar-refractivity contribution in [3.05, 3.63) is 78.6 Å². The summed E-state index contributed by atoms with van der Waals surface area (Å²) in [6.07, 6.45) is 12.2. The molecule has 194 valence electrons. The second-order valence-corrected chi connectivity index (χ2v) is 10.1. The zero-order valence-electron chi connectivity index (χ0n) is 21.3. The van der Waals surface area contributed by atoms with Gasteiger partial charge >= 0.3 is 0 Å². The van der Waals surface area contributed by atoms with Crippen LogP contribution in [0.4, 0.5) is 4.39 Å². The third-order valence-electron chi connectivity index (χ3n) is 7.54. The predicted octanol–water partition coefficient (Wildman–Crippen LogP) is 6.04. The molecule has 0 amide bonds. The maximum Gasteiger partial charge on any atom is 0.159 e. The van der Waals surface area contributed by atoms with Gasteiger partial charge in [-0.15, -0.1) is 0 Å². The van der Waals surface area contributed by atoms with E-state index in [0.29, 0.717) is 51.4 Å². The highest BCUT2D eigenvalue weighted by atomic mass is 19.1. The molecule has 0 spiro atoms. The van der Waals surface area contributed by atoms with E-state index in [1.165, 1.54) is 25.7 Å². The smallest absolute Gasteiger partial charge is 0.159 e. The normalized spacial score (nSPS) is 14.1. The zero-order chi connectivity index (χ0) is 26.2. The van der Waals surface area contributed by atoms with Crippen LogP contribution in [0.5, 0.6) is 0 Å². The molecular weight excluding hydrogens is 491 g/mol. The first-order chi connectivity index (χ1) is 19.2. The van der Waals surface area contributed by atoms with Crippen LogP contribution in [0.25, 0.3) is 56.0 Å². The van der Waals surface area contributed by atoms with Crippen molar-refractivity contribution < 1.29 is 4.39 Å². The molecule has 1 aromatic carbocycles. The molecule has 1 aliphatic carbocycles. The van der Waals surface area contributed by atoms with Gasteiger partial charge in [-0.05, 0) is 67.3 Å². The minimum Gasteiger partial charge on any atom is -0.336 e. The molecule has 0 radical (unpaired) electrons. The number of halogens is 1. The van der Waals surface area contributed by atoms with Gasteiger partial charge in [-0.1, -0.05) is 18.9 Å². The number of aromatic amines is 2. The molecule has 0 saturated heterocycles. The van der Waals surface area contributed by atoms with Gasteiger partial charge in [0.1, 0.15) is 22.7 Å². The molecule has 1 fully saturated rings. The van der Waals surface area contributed by atoms with E-state index in [1.807, 2.05) is 42.6 Å². The van der Waals surface area contributed by atoms with Crippen molar-refractivity contribution in [3.63, 3.8) is 0 Å². The molecule has 6 aromatic rings. The summed E-state index contributed by atoms with van der Waals surface area (Å²) in [6, 6.07) is 13.1. The number of H-pyrrole nitrogens is 2. The molecule has 8 nitrogen and oxygen atoms in total. The van der Waals surface area contributed by atoms with Crippen molar-refractivity contribution in [3.8, 4) is 34.0 Å². The molecule has 5 aromatic heterocycles. The molecule has 0 atom stereocenters. The van der Waals surface area contributed by atoms with Crippen LogP contribution in [0.2, 0.25) is 0 Å². The highest BCUT2D eigenvalue weighted by molar-refractivity contribution is 5.97. The highest BCUT2D eigenvalue weighted by Gasteiger charge is 2.21. The molecule has 5 heterocycles. The lowest BCUT2D eigenvalue weighted by Crippen LogP contribution is -2.20. The Labute approximate surface area is 224 Å². The number of hydrogen-bond acceptors (Lipinski definition) is 6. The Balaban J connectivity index is 1.24. The third kappa shape index (κ3) is 4.44. The number of nitrogens with zero attached hydrogens (tertiary/aromatic N) is 5. The van der Waals surface area contributed by atoms with E-state index in [0.717, 1.165) is 29.1 Å².